The van der Waals surface area contributed by atoms with Crippen molar-refractivity contribution in [1.29, 1.82) is 0 Å². The van der Waals surface area contributed by atoms with E-state index in [9.17, 15) is 5.11 Å². The van der Waals surface area contributed by atoms with E-state index in [0.717, 1.165) is 24.6 Å². The average Bonchev–Trinajstić information content (AvgIpc) is 2.78. The number of nitrogens with zero attached hydrogens (tertiary/aromatic N) is 2. The van der Waals surface area contributed by atoms with Gasteiger partial charge in [-0.1, -0.05) is 27.2 Å². The highest BCUT2D eigenvalue weighted by Crippen LogP contribution is 2.24. The highest BCUT2D eigenvalue weighted by molar-refractivity contribution is 5.06. The maximum atomic E-state index is 9.38. The lowest BCUT2D eigenvalue weighted by atomic mass is 9.94. The zero-order chi connectivity index (χ0) is 13.2. The van der Waals surface area contributed by atoms with Gasteiger partial charge in [0.1, 0.15) is 5.76 Å². The molecule has 0 spiro atoms. The van der Waals surface area contributed by atoms with Crippen LogP contribution >= 0.6 is 0 Å². The third kappa shape index (κ3) is 3.12. The maximum absolute atomic E-state index is 9.38. The summed E-state index contributed by atoms with van der Waals surface area (Å²) in [5, 5.41) is 9.38. The van der Waals surface area contributed by atoms with Crippen molar-refractivity contribution in [2.24, 2.45) is 0 Å². The van der Waals surface area contributed by atoms with Crippen LogP contribution in [0.5, 0.6) is 0 Å². The standard InChI is InChI=1S/C14H24N2O2/c1-14(2,3)12-8-15-13(18-12)9-16-7-5-4-6-11(16)10-17/h8,11,17H,4-7,9-10H2,1-3H3. The van der Waals surface area contributed by atoms with Gasteiger partial charge in [-0.05, 0) is 19.4 Å². The van der Waals surface area contributed by atoms with E-state index in [1.807, 2.05) is 6.20 Å². The maximum Gasteiger partial charge on any atom is 0.208 e. The second-order valence-corrected chi connectivity index (χ2v) is 6.17. The van der Waals surface area contributed by atoms with Gasteiger partial charge in [-0.15, -0.1) is 0 Å². The van der Waals surface area contributed by atoms with Crippen LogP contribution in [0.2, 0.25) is 0 Å². The van der Waals surface area contributed by atoms with Gasteiger partial charge in [-0.3, -0.25) is 4.90 Å². The molecule has 0 amide bonds. The zero-order valence-corrected chi connectivity index (χ0v) is 11.6. The number of hydrogen-bond acceptors (Lipinski definition) is 4. The highest BCUT2D eigenvalue weighted by Gasteiger charge is 2.24. The van der Waals surface area contributed by atoms with Crippen LogP contribution in [0.25, 0.3) is 0 Å². The van der Waals surface area contributed by atoms with Crippen molar-refractivity contribution in [1.82, 2.24) is 9.88 Å². The minimum Gasteiger partial charge on any atom is -0.444 e. The Morgan fingerprint density at radius 1 is 1.44 bits per heavy atom. The third-order valence-corrected chi connectivity index (χ3v) is 3.59. The summed E-state index contributed by atoms with van der Waals surface area (Å²) in [5.74, 6) is 1.69. The van der Waals surface area contributed by atoms with Crippen LogP contribution in [0, 0.1) is 0 Å². The Labute approximate surface area is 109 Å². The van der Waals surface area contributed by atoms with Gasteiger partial charge in [-0.2, -0.15) is 0 Å². The van der Waals surface area contributed by atoms with Crippen LogP contribution in [-0.2, 0) is 12.0 Å². The van der Waals surface area contributed by atoms with Crippen molar-refractivity contribution in [3.05, 3.63) is 17.8 Å². The zero-order valence-electron chi connectivity index (χ0n) is 11.6. The molecule has 18 heavy (non-hydrogen) atoms. The number of aliphatic hydroxyl groups excluding tert-OH is 1. The van der Waals surface area contributed by atoms with Gasteiger partial charge in [0, 0.05) is 11.5 Å². The van der Waals surface area contributed by atoms with Gasteiger partial charge >= 0.3 is 0 Å². The van der Waals surface area contributed by atoms with Crippen molar-refractivity contribution < 1.29 is 9.52 Å². The number of likely N-dealkylation sites (tertiary alicyclic amines) is 1. The van der Waals surface area contributed by atoms with E-state index in [0.29, 0.717) is 6.54 Å². The molecule has 1 atom stereocenters. The van der Waals surface area contributed by atoms with E-state index in [2.05, 4.69) is 30.7 Å². The Bertz CT molecular complexity index is 381. The Kier molecular flexibility index (Phi) is 4.07. The molecule has 1 N–H and O–H groups in total. The summed E-state index contributed by atoms with van der Waals surface area (Å²) in [4.78, 5) is 6.64. The summed E-state index contributed by atoms with van der Waals surface area (Å²) in [6.07, 6.45) is 5.31. The largest absolute Gasteiger partial charge is 0.444 e. The molecule has 1 aromatic rings. The molecule has 1 unspecified atom stereocenters. The van der Waals surface area contributed by atoms with Gasteiger partial charge in [0.05, 0.1) is 19.3 Å². The number of aromatic nitrogens is 1. The Balaban J connectivity index is 2.02. The van der Waals surface area contributed by atoms with Crippen LogP contribution in [0.1, 0.15) is 51.7 Å². The summed E-state index contributed by atoms with van der Waals surface area (Å²) in [6.45, 7) is 8.32. The van der Waals surface area contributed by atoms with Gasteiger partial charge in [0.15, 0.2) is 0 Å². The smallest absolute Gasteiger partial charge is 0.208 e. The Morgan fingerprint density at radius 3 is 2.83 bits per heavy atom. The predicted octanol–water partition coefficient (Wildman–Crippen LogP) is 2.32. The van der Waals surface area contributed by atoms with Gasteiger partial charge < -0.3 is 9.52 Å². The second-order valence-electron chi connectivity index (χ2n) is 6.17. The number of rotatable bonds is 3. The molecule has 102 valence electrons. The molecule has 4 nitrogen and oxygen atoms in total. The molecule has 0 aliphatic carbocycles. The SMILES string of the molecule is CC(C)(C)c1cnc(CN2CCCCC2CO)o1. The van der Waals surface area contributed by atoms with E-state index in [4.69, 9.17) is 4.42 Å². The molecule has 1 aliphatic rings. The van der Waals surface area contributed by atoms with E-state index < -0.39 is 0 Å². The van der Waals surface area contributed by atoms with Crippen LogP contribution in [-0.4, -0.2) is 34.2 Å². The van der Waals surface area contributed by atoms with E-state index in [1.165, 1.54) is 12.8 Å². The molecule has 2 heterocycles. The van der Waals surface area contributed by atoms with Crippen LogP contribution in [0.15, 0.2) is 10.6 Å². The topological polar surface area (TPSA) is 49.5 Å². The molecule has 0 radical (unpaired) electrons. The normalized spacial score (nSPS) is 22.3. The molecule has 1 aromatic heterocycles. The lowest BCUT2D eigenvalue weighted by Gasteiger charge is -2.33. The first-order valence-electron chi connectivity index (χ1n) is 6.81. The van der Waals surface area contributed by atoms with Crippen molar-refractivity contribution in [3.8, 4) is 0 Å². The van der Waals surface area contributed by atoms with Gasteiger partial charge in [-0.25, -0.2) is 4.98 Å². The fraction of sp³-hybridized carbons (Fsp3) is 0.786. The predicted molar refractivity (Wildman–Crippen MR) is 70.3 cm³/mol. The van der Waals surface area contributed by atoms with Crippen molar-refractivity contribution in [2.45, 2.75) is 58.0 Å². The molecule has 0 aromatic carbocycles. The lowest BCUT2D eigenvalue weighted by molar-refractivity contribution is 0.0761. The summed E-state index contributed by atoms with van der Waals surface area (Å²) in [6, 6.07) is 0.267. The Hall–Kier alpha value is -0.870. The fourth-order valence-corrected chi connectivity index (χ4v) is 2.38. The van der Waals surface area contributed by atoms with E-state index >= 15 is 0 Å². The fourth-order valence-electron chi connectivity index (χ4n) is 2.38. The number of aliphatic hydroxyl groups is 1. The summed E-state index contributed by atoms with van der Waals surface area (Å²) in [5.41, 5.74) is 0.00350. The quantitative estimate of drug-likeness (QED) is 0.897. The lowest BCUT2D eigenvalue weighted by Crippen LogP contribution is -2.41. The molecule has 1 saturated heterocycles. The summed E-state index contributed by atoms with van der Waals surface area (Å²) < 4.78 is 5.81. The molecule has 1 aliphatic heterocycles. The highest BCUT2D eigenvalue weighted by atomic mass is 16.4. The monoisotopic (exact) mass is 252 g/mol. The average molecular weight is 252 g/mol. The van der Waals surface area contributed by atoms with Gasteiger partial charge in [0.25, 0.3) is 0 Å². The summed E-state index contributed by atoms with van der Waals surface area (Å²) in [7, 11) is 0. The van der Waals surface area contributed by atoms with Crippen LogP contribution in [0.3, 0.4) is 0 Å². The van der Waals surface area contributed by atoms with E-state index in [-0.39, 0.29) is 18.1 Å². The Morgan fingerprint density at radius 2 is 2.22 bits per heavy atom. The molecular weight excluding hydrogens is 228 g/mol. The molecule has 4 heteroatoms. The van der Waals surface area contributed by atoms with E-state index in [1.54, 1.807) is 0 Å². The first-order valence-corrected chi connectivity index (χ1v) is 6.81. The van der Waals surface area contributed by atoms with Crippen LogP contribution < -0.4 is 0 Å². The van der Waals surface area contributed by atoms with Gasteiger partial charge in [0.2, 0.25) is 5.89 Å². The van der Waals surface area contributed by atoms with Crippen molar-refractivity contribution in [3.63, 3.8) is 0 Å². The third-order valence-electron chi connectivity index (χ3n) is 3.59. The molecule has 2 rings (SSSR count). The number of hydrogen-bond donors (Lipinski definition) is 1. The first-order chi connectivity index (χ1) is 8.50. The van der Waals surface area contributed by atoms with Crippen LogP contribution in [0.4, 0.5) is 0 Å². The van der Waals surface area contributed by atoms with Crippen molar-refractivity contribution in [2.75, 3.05) is 13.2 Å². The number of piperidine rings is 1. The minimum absolute atomic E-state index is 0.00350. The molecule has 1 fully saturated rings. The second kappa shape index (κ2) is 5.41. The minimum atomic E-state index is 0.00350. The molecule has 0 bridgehead atoms. The van der Waals surface area contributed by atoms with Crippen molar-refractivity contribution >= 4 is 0 Å². The summed E-state index contributed by atoms with van der Waals surface area (Å²) >= 11 is 0. The number of oxazole rings is 1. The molecule has 0 saturated carbocycles. The first kappa shape index (κ1) is 13.6. The molecular formula is C14H24N2O2.